The molecule has 2 atom stereocenters. The first-order valence-corrected chi connectivity index (χ1v) is 11.0. The smallest absolute Gasteiger partial charge is 0.411 e. The summed E-state index contributed by atoms with van der Waals surface area (Å²) >= 11 is 0. The molecule has 0 unspecified atom stereocenters. The molecule has 0 spiro atoms. The van der Waals surface area contributed by atoms with Crippen molar-refractivity contribution in [3.05, 3.63) is 40.2 Å². The van der Waals surface area contributed by atoms with Gasteiger partial charge in [0.2, 0.25) is 0 Å². The molecule has 30 heavy (non-hydrogen) atoms. The van der Waals surface area contributed by atoms with Gasteiger partial charge in [0, 0.05) is 53.9 Å². The van der Waals surface area contributed by atoms with Gasteiger partial charge >= 0.3 is 11.7 Å². The second kappa shape index (κ2) is 8.70. The Kier molecular flexibility index (Phi) is 6.44. The van der Waals surface area contributed by atoms with E-state index in [-0.39, 0.29) is 18.2 Å². The highest BCUT2D eigenvalue weighted by molar-refractivity contribution is 5.85. The molecule has 0 N–H and O–H groups in total. The Morgan fingerprint density at radius 1 is 1.17 bits per heavy atom. The Morgan fingerprint density at radius 2 is 1.80 bits per heavy atom. The highest BCUT2D eigenvalue weighted by Gasteiger charge is 2.35. The standard InChI is InChI=1S/C24H34N2O4/c1-7-25(8-2)18-12-13-19-20(15-22(27)29-21(19)14-18)24(5,6)30-23(28)26-16(3)10-9-11-17(26)4/h12-17H,7-11H2,1-6H3/t16-,17+. The number of carbonyl (C=O) groups excluding carboxylic acids is 1. The highest BCUT2D eigenvalue weighted by atomic mass is 16.6. The van der Waals surface area contributed by atoms with Crippen molar-refractivity contribution in [1.82, 2.24) is 4.90 Å². The number of hydrogen-bond donors (Lipinski definition) is 0. The van der Waals surface area contributed by atoms with Crippen LogP contribution in [-0.4, -0.2) is 36.2 Å². The first-order chi connectivity index (χ1) is 14.2. The van der Waals surface area contributed by atoms with E-state index >= 15 is 0 Å². The van der Waals surface area contributed by atoms with E-state index in [4.69, 9.17) is 9.15 Å². The van der Waals surface area contributed by atoms with Gasteiger partial charge in [-0.2, -0.15) is 0 Å². The molecule has 1 fully saturated rings. The summed E-state index contributed by atoms with van der Waals surface area (Å²) in [4.78, 5) is 29.4. The topological polar surface area (TPSA) is 63.0 Å². The summed E-state index contributed by atoms with van der Waals surface area (Å²) in [5.74, 6) is 0. The van der Waals surface area contributed by atoms with Crippen LogP contribution in [0.2, 0.25) is 0 Å². The van der Waals surface area contributed by atoms with Crippen LogP contribution in [0.25, 0.3) is 11.0 Å². The van der Waals surface area contributed by atoms with Crippen LogP contribution in [0.1, 0.15) is 66.4 Å². The number of amides is 1. The second-order valence-corrected chi connectivity index (χ2v) is 8.75. The molecule has 0 bridgehead atoms. The van der Waals surface area contributed by atoms with Gasteiger partial charge in [-0.1, -0.05) is 0 Å². The van der Waals surface area contributed by atoms with Crippen molar-refractivity contribution in [3.63, 3.8) is 0 Å². The fourth-order valence-corrected chi connectivity index (χ4v) is 4.54. The quantitative estimate of drug-likeness (QED) is 0.623. The Morgan fingerprint density at radius 3 is 2.40 bits per heavy atom. The van der Waals surface area contributed by atoms with Crippen LogP contribution < -0.4 is 10.5 Å². The Labute approximate surface area is 178 Å². The number of fused-ring (bicyclic) bond motifs is 1. The molecule has 0 aliphatic carbocycles. The lowest BCUT2D eigenvalue weighted by Crippen LogP contribution is -2.49. The van der Waals surface area contributed by atoms with E-state index in [0.717, 1.165) is 43.4 Å². The summed E-state index contributed by atoms with van der Waals surface area (Å²) < 4.78 is 11.5. The molecule has 1 aromatic carbocycles. The minimum atomic E-state index is -0.973. The number of piperidine rings is 1. The zero-order valence-electron chi connectivity index (χ0n) is 19.0. The van der Waals surface area contributed by atoms with Gasteiger partial charge in [-0.25, -0.2) is 9.59 Å². The third-order valence-electron chi connectivity index (χ3n) is 6.25. The van der Waals surface area contributed by atoms with Gasteiger partial charge in [0.25, 0.3) is 0 Å². The van der Waals surface area contributed by atoms with Gasteiger partial charge in [-0.15, -0.1) is 0 Å². The number of nitrogens with zero attached hydrogens (tertiary/aromatic N) is 2. The molecule has 1 aliphatic heterocycles. The predicted octanol–water partition coefficient (Wildman–Crippen LogP) is 5.27. The first kappa shape index (κ1) is 22.2. The van der Waals surface area contributed by atoms with E-state index in [1.54, 1.807) is 0 Å². The van der Waals surface area contributed by atoms with Crippen LogP contribution in [0.3, 0.4) is 0 Å². The van der Waals surface area contributed by atoms with Crippen molar-refractivity contribution in [2.24, 2.45) is 0 Å². The molecule has 6 nitrogen and oxygen atoms in total. The third-order valence-corrected chi connectivity index (χ3v) is 6.25. The maximum atomic E-state index is 13.0. The number of ether oxygens (including phenoxy) is 1. The molecule has 1 amide bonds. The molecule has 3 rings (SSSR count). The minimum absolute atomic E-state index is 0.145. The number of likely N-dealkylation sites (tertiary alicyclic amines) is 1. The number of anilines is 1. The zero-order chi connectivity index (χ0) is 22.1. The van der Waals surface area contributed by atoms with Crippen molar-refractivity contribution in [1.29, 1.82) is 0 Å². The largest absolute Gasteiger partial charge is 0.438 e. The number of benzene rings is 1. The molecule has 2 heterocycles. The predicted molar refractivity (Wildman–Crippen MR) is 120 cm³/mol. The van der Waals surface area contributed by atoms with Crippen molar-refractivity contribution in [2.75, 3.05) is 18.0 Å². The van der Waals surface area contributed by atoms with Gasteiger partial charge in [0.1, 0.15) is 11.2 Å². The summed E-state index contributed by atoms with van der Waals surface area (Å²) in [5.41, 5.74) is 0.742. The summed E-state index contributed by atoms with van der Waals surface area (Å²) in [7, 11) is 0. The summed E-state index contributed by atoms with van der Waals surface area (Å²) in [6, 6.07) is 7.59. The van der Waals surface area contributed by atoms with Gasteiger partial charge in [-0.05, 0) is 72.9 Å². The Hall–Kier alpha value is -2.50. The molecule has 6 heteroatoms. The average molecular weight is 415 g/mol. The summed E-state index contributed by atoms with van der Waals surface area (Å²) in [6.07, 6.45) is 2.74. The highest BCUT2D eigenvalue weighted by Crippen LogP contribution is 2.34. The number of hydrogen-bond acceptors (Lipinski definition) is 5. The maximum absolute atomic E-state index is 13.0. The minimum Gasteiger partial charge on any atom is -0.438 e. The second-order valence-electron chi connectivity index (χ2n) is 8.75. The first-order valence-electron chi connectivity index (χ1n) is 11.0. The van der Waals surface area contributed by atoms with E-state index in [1.165, 1.54) is 6.07 Å². The molecule has 2 aromatic rings. The summed E-state index contributed by atoms with van der Waals surface area (Å²) in [6.45, 7) is 13.7. The molecule has 1 aliphatic rings. The number of carbonyl (C=O) groups is 1. The molecule has 1 aromatic heterocycles. The number of rotatable bonds is 5. The van der Waals surface area contributed by atoms with Crippen molar-refractivity contribution in [2.45, 2.75) is 78.5 Å². The normalized spacial score (nSPS) is 19.7. The van der Waals surface area contributed by atoms with E-state index < -0.39 is 11.2 Å². The van der Waals surface area contributed by atoms with E-state index in [1.807, 2.05) is 36.9 Å². The molecule has 0 radical (unpaired) electrons. The third kappa shape index (κ3) is 4.32. The van der Waals surface area contributed by atoms with Crippen molar-refractivity contribution >= 4 is 22.7 Å². The van der Waals surface area contributed by atoms with Gasteiger partial charge < -0.3 is 19.0 Å². The molecule has 164 valence electrons. The Bertz CT molecular complexity index is 951. The van der Waals surface area contributed by atoms with E-state index in [0.29, 0.717) is 11.1 Å². The van der Waals surface area contributed by atoms with Crippen LogP contribution in [0.15, 0.2) is 33.5 Å². The zero-order valence-corrected chi connectivity index (χ0v) is 19.0. The maximum Gasteiger partial charge on any atom is 0.411 e. The van der Waals surface area contributed by atoms with Crippen LogP contribution in [0.5, 0.6) is 0 Å². The molecular formula is C24H34N2O4. The van der Waals surface area contributed by atoms with Crippen LogP contribution in [0, 0.1) is 0 Å². The molecule has 1 saturated heterocycles. The van der Waals surface area contributed by atoms with Crippen molar-refractivity contribution in [3.8, 4) is 0 Å². The molecular weight excluding hydrogens is 380 g/mol. The van der Waals surface area contributed by atoms with E-state index in [9.17, 15) is 9.59 Å². The fourth-order valence-electron chi connectivity index (χ4n) is 4.54. The SMILES string of the molecule is CCN(CC)c1ccc2c(C(C)(C)OC(=O)N3[C@H](C)CCC[C@@H]3C)cc(=O)oc2c1. The van der Waals surface area contributed by atoms with Gasteiger partial charge in [0.15, 0.2) is 0 Å². The van der Waals surface area contributed by atoms with Crippen LogP contribution in [0.4, 0.5) is 10.5 Å². The van der Waals surface area contributed by atoms with Gasteiger partial charge in [0.05, 0.1) is 0 Å². The lowest BCUT2D eigenvalue weighted by atomic mass is 9.94. The lowest BCUT2D eigenvalue weighted by Gasteiger charge is -2.40. The van der Waals surface area contributed by atoms with Crippen molar-refractivity contribution < 1.29 is 13.9 Å². The monoisotopic (exact) mass is 414 g/mol. The van der Waals surface area contributed by atoms with E-state index in [2.05, 4.69) is 32.6 Å². The summed E-state index contributed by atoms with van der Waals surface area (Å²) in [5, 5.41) is 0.781. The fraction of sp³-hybridized carbons (Fsp3) is 0.583. The molecule has 0 saturated carbocycles. The lowest BCUT2D eigenvalue weighted by molar-refractivity contribution is -0.0110. The van der Waals surface area contributed by atoms with Crippen LogP contribution >= 0.6 is 0 Å². The van der Waals surface area contributed by atoms with Gasteiger partial charge in [-0.3, -0.25) is 0 Å². The Balaban J connectivity index is 1.97. The van der Waals surface area contributed by atoms with Crippen LogP contribution in [-0.2, 0) is 10.3 Å². The average Bonchev–Trinajstić information content (AvgIpc) is 2.67.